The summed E-state index contributed by atoms with van der Waals surface area (Å²) < 4.78 is 14.0. The van der Waals surface area contributed by atoms with E-state index in [2.05, 4.69) is 21.0 Å². The van der Waals surface area contributed by atoms with Crippen molar-refractivity contribution in [3.05, 3.63) is 16.4 Å². The molecular formula is C9H11BrN2O2. The van der Waals surface area contributed by atoms with Gasteiger partial charge in [0.2, 0.25) is 0 Å². The monoisotopic (exact) mass is 258 g/mol. The molecule has 0 aliphatic carbocycles. The number of fused-ring (bicyclic) bond motifs is 1. The van der Waals surface area contributed by atoms with E-state index in [9.17, 15) is 0 Å². The Bertz CT molecular complexity index is 359. The average Bonchev–Trinajstić information content (AvgIpc) is 2.81. The molecule has 4 nitrogen and oxygen atoms in total. The summed E-state index contributed by atoms with van der Waals surface area (Å²) >= 11 is 3.51. The van der Waals surface area contributed by atoms with Gasteiger partial charge in [-0.3, -0.25) is 4.68 Å². The zero-order chi connectivity index (χ0) is 9.76. The van der Waals surface area contributed by atoms with E-state index < -0.39 is 0 Å². The minimum absolute atomic E-state index is 0.123. The summed E-state index contributed by atoms with van der Waals surface area (Å²) in [7, 11) is 1.95. The van der Waals surface area contributed by atoms with Crippen LogP contribution in [0.2, 0.25) is 0 Å². The zero-order valence-electron chi connectivity index (χ0n) is 7.86. The standard InChI is InChI=1S/C9H11BrN2O2/c1-12-8(6(10)4-11-12)9-2-3-13-5-7(9)14-9/h4,7H,2-3,5H2,1H3/t7-,9-/m1/s1. The minimum atomic E-state index is -0.123. The van der Waals surface area contributed by atoms with Crippen molar-refractivity contribution in [2.75, 3.05) is 13.2 Å². The number of halogens is 1. The summed E-state index contributed by atoms with van der Waals surface area (Å²) in [4.78, 5) is 0. The highest BCUT2D eigenvalue weighted by atomic mass is 79.9. The third kappa shape index (κ3) is 1.03. The topological polar surface area (TPSA) is 39.6 Å². The molecule has 3 rings (SSSR count). The van der Waals surface area contributed by atoms with E-state index in [1.165, 1.54) is 0 Å². The second kappa shape index (κ2) is 2.81. The molecule has 2 atom stereocenters. The van der Waals surface area contributed by atoms with Gasteiger partial charge in [-0.1, -0.05) is 0 Å². The van der Waals surface area contributed by atoms with Crippen LogP contribution in [-0.4, -0.2) is 29.1 Å². The van der Waals surface area contributed by atoms with Gasteiger partial charge in [0.25, 0.3) is 0 Å². The van der Waals surface area contributed by atoms with Crippen LogP contribution in [0.4, 0.5) is 0 Å². The Labute approximate surface area is 90.3 Å². The van der Waals surface area contributed by atoms with Gasteiger partial charge in [-0.2, -0.15) is 5.10 Å². The van der Waals surface area contributed by atoms with E-state index in [0.29, 0.717) is 6.61 Å². The number of hydrogen-bond donors (Lipinski definition) is 0. The van der Waals surface area contributed by atoms with Crippen LogP contribution in [0.5, 0.6) is 0 Å². The molecule has 0 radical (unpaired) electrons. The van der Waals surface area contributed by atoms with Crippen molar-refractivity contribution in [1.82, 2.24) is 9.78 Å². The quantitative estimate of drug-likeness (QED) is 0.711. The highest BCUT2D eigenvalue weighted by Crippen LogP contribution is 2.52. The molecule has 2 aliphatic heterocycles. The van der Waals surface area contributed by atoms with Crippen LogP contribution >= 0.6 is 15.9 Å². The first-order chi connectivity index (χ1) is 6.74. The van der Waals surface area contributed by atoms with Crippen LogP contribution in [0.1, 0.15) is 12.1 Å². The van der Waals surface area contributed by atoms with E-state index in [-0.39, 0.29) is 11.7 Å². The number of aromatic nitrogens is 2. The van der Waals surface area contributed by atoms with Gasteiger partial charge in [0.15, 0.2) is 0 Å². The number of epoxide rings is 1. The van der Waals surface area contributed by atoms with Gasteiger partial charge in [0, 0.05) is 20.1 Å². The molecule has 14 heavy (non-hydrogen) atoms. The zero-order valence-corrected chi connectivity index (χ0v) is 9.45. The van der Waals surface area contributed by atoms with Crippen LogP contribution in [0.3, 0.4) is 0 Å². The number of aryl methyl sites for hydroxylation is 1. The molecule has 3 heterocycles. The highest BCUT2D eigenvalue weighted by Gasteiger charge is 2.61. The van der Waals surface area contributed by atoms with Gasteiger partial charge in [-0.05, 0) is 15.9 Å². The lowest BCUT2D eigenvalue weighted by Crippen LogP contribution is -2.27. The molecule has 0 amide bonds. The molecule has 0 spiro atoms. The molecule has 2 saturated heterocycles. The molecule has 2 aliphatic rings. The molecule has 76 valence electrons. The molecule has 1 aromatic heterocycles. The molecular weight excluding hydrogens is 248 g/mol. The molecule has 0 aromatic carbocycles. The van der Waals surface area contributed by atoms with Crippen molar-refractivity contribution < 1.29 is 9.47 Å². The first-order valence-corrected chi connectivity index (χ1v) is 5.47. The van der Waals surface area contributed by atoms with Crippen molar-refractivity contribution in [3.63, 3.8) is 0 Å². The summed E-state index contributed by atoms with van der Waals surface area (Å²) in [6.45, 7) is 1.48. The van der Waals surface area contributed by atoms with Crippen LogP contribution < -0.4 is 0 Å². The van der Waals surface area contributed by atoms with E-state index in [0.717, 1.165) is 23.2 Å². The minimum Gasteiger partial charge on any atom is -0.378 e. The fourth-order valence-electron chi connectivity index (χ4n) is 2.24. The summed E-state index contributed by atoms with van der Waals surface area (Å²) in [6.07, 6.45) is 2.97. The van der Waals surface area contributed by atoms with E-state index in [1.807, 2.05) is 17.9 Å². The summed E-state index contributed by atoms with van der Waals surface area (Å²) in [5.41, 5.74) is 1.02. The van der Waals surface area contributed by atoms with Gasteiger partial charge in [0.1, 0.15) is 11.7 Å². The molecule has 0 saturated carbocycles. The van der Waals surface area contributed by atoms with Gasteiger partial charge >= 0.3 is 0 Å². The Balaban J connectivity index is 2.03. The SMILES string of the molecule is Cn1ncc(Br)c1[C@@]12CCOC[C@H]1O2. The van der Waals surface area contributed by atoms with Gasteiger partial charge in [-0.15, -0.1) is 0 Å². The van der Waals surface area contributed by atoms with Crippen molar-refractivity contribution >= 4 is 15.9 Å². The second-order valence-electron chi connectivity index (χ2n) is 3.79. The first kappa shape index (κ1) is 8.88. The molecule has 0 unspecified atom stereocenters. The van der Waals surface area contributed by atoms with Crippen molar-refractivity contribution in [2.24, 2.45) is 7.05 Å². The normalized spacial score (nSPS) is 35.4. The fourth-order valence-corrected chi connectivity index (χ4v) is 2.92. The summed E-state index contributed by atoms with van der Waals surface area (Å²) in [5, 5.41) is 4.21. The number of rotatable bonds is 1. The van der Waals surface area contributed by atoms with Crippen molar-refractivity contribution in [3.8, 4) is 0 Å². The van der Waals surface area contributed by atoms with Crippen LogP contribution in [-0.2, 0) is 22.1 Å². The van der Waals surface area contributed by atoms with E-state index >= 15 is 0 Å². The predicted octanol–water partition coefficient (Wildman–Crippen LogP) is 1.20. The first-order valence-electron chi connectivity index (χ1n) is 4.67. The lowest BCUT2D eigenvalue weighted by molar-refractivity contribution is 0.0958. The van der Waals surface area contributed by atoms with Gasteiger partial charge in [0.05, 0.1) is 23.0 Å². The average molecular weight is 259 g/mol. The molecule has 1 aromatic rings. The third-order valence-electron chi connectivity index (χ3n) is 3.00. The van der Waals surface area contributed by atoms with Gasteiger partial charge < -0.3 is 9.47 Å². The Hall–Kier alpha value is -0.390. The van der Waals surface area contributed by atoms with Crippen molar-refractivity contribution in [2.45, 2.75) is 18.1 Å². The molecule has 0 N–H and O–H groups in total. The maximum atomic E-state index is 5.76. The molecule has 2 fully saturated rings. The summed E-state index contributed by atoms with van der Waals surface area (Å²) in [6, 6.07) is 0. The van der Waals surface area contributed by atoms with Crippen molar-refractivity contribution in [1.29, 1.82) is 0 Å². The largest absolute Gasteiger partial charge is 0.378 e. The lowest BCUT2D eigenvalue weighted by atomic mass is 9.96. The smallest absolute Gasteiger partial charge is 0.142 e. The highest BCUT2D eigenvalue weighted by molar-refractivity contribution is 9.10. The Morgan fingerprint density at radius 1 is 1.71 bits per heavy atom. The number of hydrogen-bond acceptors (Lipinski definition) is 3. The number of ether oxygens (including phenoxy) is 2. The molecule has 5 heteroatoms. The Kier molecular flexibility index (Phi) is 1.78. The summed E-state index contributed by atoms with van der Waals surface area (Å²) in [5.74, 6) is 0. The Morgan fingerprint density at radius 3 is 3.21 bits per heavy atom. The number of nitrogens with zero attached hydrogens (tertiary/aromatic N) is 2. The maximum Gasteiger partial charge on any atom is 0.142 e. The van der Waals surface area contributed by atoms with Crippen LogP contribution in [0.25, 0.3) is 0 Å². The molecule has 0 bridgehead atoms. The van der Waals surface area contributed by atoms with Crippen LogP contribution in [0.15, 0.2) is 10.7 Å². The third-order valence-corrected chi connectivity index (χ3v) is 3.58. The fraction of sp³-hybridized carbons (Fsp3) is 0.667. The predicted molar refractivity (Wildman–Crippen MR) is 52.9 cm³/mol. The van der Waals surface area contributed by atoms with E-state index in [1.54, 1.807) is 0 Å². The maximum absolute atomic E-state index is 5.76. The van der Waals surface area contributed by atoms with E-state index in [4.69, 9.17) is 9.47 Å². The lowest BCUT2D eigenvalue weighted by Gasteiger charge is -2.18. The van der Waals surface area contributed by atoms with Gasteiger partial charge in [-0.25, -0.2) is 0 Å². The second-order valence-corrected chi connectivity index (χ2v) is 4.64. The van der Waals surface area contributed by atoms with Crippen LogP contribution in [0, 0.1) is 0 Å². The Morgan fingerprint density at radius 2 is 2.57 bits per heavy atom.